The number of amides is 1. The highest BCUT2D eigenvalue weighted by Crippen LogP contribution is 2.11. The molecule has 4 heteroatoms. The van der Waals surface area contributed by atoms with Crippen molar-refractivity contribution in [2.45, 2.75) is 13.3 Å². The predicted molar refractivity (Wildman–Crippen MR) is 59.8 cm³/mol. The lowest BCUT2D eigenvalue weighted by atomic mass is 10.1. The zero-order valence-electron chi connectivity index (χ0n) is 8.82. The van der Waals surface area contributed by atoms with E-state index in [0.29, 0.717) is 13.2 Å². The van der Waals surface area contributed by atoms with E-state index >= 15 is 0 Å². The van der Waals surface area contributed by atoms with Crippen LogP contribution in [0, 0.1) is 0 Å². The van der Waals surface area contributed by atoms with Crippen LogP contribution in [0.2, 0.25) is 0 Å². The van der Waals surface area contributed by atoms with Gasteiger partial charge in [0.2, 0.25) is 0 Å². The highest BCUT2D eigenvalue weighted by molar-refractivity contribution is 5.84. The van der Waals surface area contributed by atoms with Crippen LogP contribution in [0.3, 0.4) is 0 Å². The monoisotopic (exact) mass is 208 g/mol. The van der Waals surface area contributed by atoms with Crippen molar-refractivity contribution < 1.29 is 9.53 Å². The number of ether oxygens (including phenoxy) is 1. The summed E-state index contributed by atoms with van der Waals surface area (Å²) in [5.74, 6) is 0. The van der Waals surface area contributed by atoms with Crippen LogP contribution in [0.25, 0.3) is 0 Å². The Balaban J connectivity index is 2.60. The SMILES string of the molecule is CCOC(=O)Nc1cccc(CCN)c1. The molecule has 1 amide bonds. The van der Waals surface area contributed by atoms with E-state index in [1.54, 1.807) is 6.92 Å². The van der Waals surface area contributed by atoms with Gasteiger partial charge in [-0.05, 0) is 37.6 Å². The molecule has 0 heterocycles. The van der Waals surface area contributed by atoms with Gasteiger partial charge < -0.3 is 10.5 Å². The van der Waals surface area contributed by atoms with Gasteiger partial charge in [-0.3, -0.25) is 5.32 Å². The van der Waals surface area contributed by atoms with Gasteiger partial charge in [-0.1, -0.05) is 12.1 Å². The molecule has 0 saturated heterocycles. The molecular weight excluding hydrogens is 192 g/mol. The van der Waals surface area contributed by atoms with E-state index in [-0.39, 0.29) is 0 Å². The molecule has 0 aliphatic rings. The lowest BCUT2D eigenvalue weighted by Crippen LogP contribution is -2.13. The minimum Gasteiger partial charge on any atom is -0.450 e. The fourth-order valence-corrected chi connectivity index (χ4v) is 1.26. The molecule has 0 aromatic heterocycles. The lowest BCUT2D eigenvalue weighted by Gasteiger charge is -2.06. The molecule has 0 saturated carbocycles. The van der Waals surface area contributed by atoms with Crippen molar-refractivity contribution in [1.29, 1.82) is 0 Å². The Hall–Kier alpha value is -1.55. The molecule has 82 valence electrons. The molecule has 1 rings (SSSR count). The summed E-state index contributed by atoms with van der Waals surface area (Å²) in [6.07, 6.45) is 0.376. The summed E-state index contributed by atoms with van der Waals surface area (Å²) < 4.78 is 4.77. The highest BCUT2D eigenvalue weighted by atomic mass is 16.5. The first-order chi connectivity index (χ1) is 7.26. The predicted octanol–water partition coefficient (Wildman–Crippen LogP) is 1.76. The summed E-state index contributed by atoms with van der Waals surface area (Å²) in [5.41, 5.74) is 7.29. The van der Waals surface area contributed by atoms with E-state index < -0.39 is 6.09 Å². The summed E-state index contributed by atoms with van der Waals surface area (Å²) in [4.78, 5) is 11.1. The number of anilines is 1. The maximum Gasteiger partial charge on any atom is 0.411 e. The molecule has 1 aromatic carbocycles. The van der Waals surface area contributed by atoms with Gasteiger partial charge >= 0.3 is 6.09 Å². The Kier molecular flexibility index (Phi) is 4.63. The average Bonchev–Trinajstić information content (AvgIpc) is 2.19. The molecule has 0 radical (unpaired) electrons. The van der Waals surface area contributed by atoms with Gasteiger partial charge in [0, 0.05) is 5.69 Å². The zero-order valence-corrected chi connectivity index (χ0v) is 8.82. The first-order valence-electron chi connectivity index (χ1n) is 4.99. The highest BCUT2D eigenvalue weighted by Gasteiger charge is 2.01. The minimum absolute atomic E-state index is 0.369. The maximum atomic E-state index is 11.1. The van der Waals surface area contributed by atoms with Gasteiger partial charge in [0.05, 0.1) is 6.61 Å². The second-order valence-corrected chi connectivity index (χ2v) is 3.08. The van der Waals surface area contributed by atoms with Crippen molar-refractivity contribution in [3.05, 3.63) is 29.8 Å². The molecule has 0 aliphatic heterocycles. The zero-order chi connectivity index (χ0) is 11.1. The molecule has 3 N–H and O–H groups in total. The van der Waals surface area contributed by atoms with Crippen molar-refractivity contribution in [2.24, 2.45) is 5.73 Å². The number of benzene rings is 1. The van der Waals surface area contributed by atoms with Crippen LogP contribution in [-0.2, 0) is 11.2 Å². The maximum absolute atomic E-state index is 11.1. The van der Waals surface area contributed by atoms with Gasteiger partial charge in [0.15, 0.2) is 0 Å². The van der Waals surface area contributed by atoms with Crippen molar-refractivity contribution in [3.8, 4) is 0 Å². The Morgan fingerprint density at radius 1 is 1.53 bits per heavy atom. The molecule has 0 bridgehead atoms. The van der Waals surface area contributed by atoms with Crippen LogP contribution >= 0.6 is 0 Å². The minimum atomic E-state index is -0.428. The molecule has 0 atom stereocenters. The molecule has 4 nitrogen and oxygen atoms in total. The Morgan fingerprint density at radius 3 is 3.00 bits per heavy atom. The second kappa shape index (κ2) is 6.03. The van der Waals surface area contributed by atoms with E-state index in [2.05, 4.69) is 5.32 Å². The largest absolute Gasteiger partial charge is 0.450 e. The van der Waals surface area contributed by atoms with Crippen LogP contribution in [0.5, 0.6) is 0 Å². The smallest absolute Gasteiger partial charge is 0.411 e. The fourth-order valence-electron chi connectivity index (χ4n) is 1.26. The summed E-state index contributed by atoms with van der Waals surface area (Å²) in [7, 11) is 0. The van der Waals surface area contributed by atoms with E-state index in [4.69, 9.17) is 10.5 Å². The van der Waals surface area contributed by atoms with Gasteiger partial charge in [0.1, 0.15) is 0 Å². The third-order valence-electron chi connectivity index (χ3n) is 1.88. The second-order valence-electron chi connectivity index (χ2n) is 3.08. The first-order valence-corrected chi connectivity index (χ1v) is 4.99. The van der Waals surface area contributed by atoms with Crippen LogP contribution in [0.1, 0.15) is 12.5 Å². The van der Waals surface area contributed by atoms with Crippen molar-refractivity contribution in [2.75, 3.05) is 18.5 Å². The third-order valence-corrected chi connectivity index (χ3v) is 1.88. The standard InChI is InChI=1S/C11H16N2O2/c1-2-15-11(14)13-10-5-3-4-9(8-10)6-7-12/h3-5,8H,2,6-7,12H2,1H3,(H,13,14). The molecule has 15 heavy (non-hydrogen) atoms. The van der Waals surface area contributed by atoms with Crippen LogP contribution < -0.4 is 11.1 Å². The Morgan fingerprint density at radius 2 is 2.33 bits per heavy atom. The topological polar surface area (TPSA) is 64.3 Å². The average molecular weight is 208 g/mol. The number of hydrogen-bond acceptors (Lipinski definition) is 3. The number of nitrogens with two attached hydrogens (primary N) is 1. The first kappa shape index (κ1) is 11.5. The van der Waals surface area contributed by atoms with Gasteiger partial charge in [-0.25, -0.2) is 4.79 Å². The van der Waals surface area contributed by atoms with Gasteiger partial charge in [0.25, 0.3) is 0 Å². The van der Waals surface area contributed by atoms with Gasteiger partial charge in [-0.2, -0.15) is 0 Å². The molecule has 0 fully saturated rings. The van der Waals surface area contributed by atoms with E-state index in [9.17, 15) is 4.79 Å². The fraction of sp³-hybridized carbons (Fsp3) is 0.364. The van der Waals surface area contributed by atoms with Gasteiger partial charge in [-0.15, -0.1) is 0 Å². The Labute approximate surface area is 89.4 Å². The molecule has 0 aliphatic carbocycles. The number of carbonyl (C=O) groups is 1. The van der Waals surface area contributed by atoms with E-state index in [1.807, 2.05) is 24.3 Å². The number of rotatable bonds is 4. The third kappa shape index (κ3) is 3.99. The Bertz CT molecular complexity index is 326. The number of nitrogens with one attached hydrogen (secondary N) is 1. The number of hydrogen-bond donors (Lipinski definition) is 2. The molecule has 0 unspecified atom stereocenters. The van der Waals surface area contributed by atoms with Crippen molar-refractivity contribution in [1.82, 2.24) is 0 Å². The van der Waals surface area contributed by atoms with Crippen molar-refractivity contribution >= 4 is 11.8 Å². The summed E-state index contributed by atoms with van der Waals surface area (Å²) in [6.45, 7) is 2.74. The summed E-state index contributed by atoms with van der Waals surface area (Å²) >= 11 is 0. The molecule has 1 aromatic rings. The molecule has 0 spiro atoms. The lowest BCUT2D eigenvalue weighted by molar-refractivity contribution is 0.168. The quantitative estimate of drug-likeness (QED) is 0.792. The van der Waals surface area contributed by atoms with Crippen LogP contribution in [-0.4, -0.2) is 19.2 Å². The van der Waals surface area contributed by atoms with E-state index in [1.165, 1.54) is 0 Å². The van der Waals surface area contributed by atoms with Crippen molar-refractivity contribution in [3.63, 3.8) is 0 Å². The van der Waals surface area contributed by atoms with E-state index in [0.717, 1.165) is 17.7 Å². The number of carbonyl (C=O) groups excluding carboxylic acids is 1. The normalized spacial score (nSPS) is 9.73. The van der Waals surface area contributed by atoms with Crippen LogP contribution in [0.4, 0.5) is 10.5 Å². The summed E-state index contributed by atoms with van der Waals surface area (Å²) in [5, 5.41) is 2.64. The molecular formula is C11H16N2O2. The van der Waals surface area contributed by atoms with Crippen LogP contribution in [0.15, 0.2) is 24.3 Å². The summed E-state index contributed by atoms with van der Waals surface area (Å²) in [6, 6.07) is 7.57.